The summed E-state index contributed by atoms with van der Waals surface area (Å²) in [5, 5.41) is 6.50. The van der Waals surface area contributed by atoms with Crippen molar-refractivity contribution in [3.05, 3.63) is 29.3 Å². The summed E-state index contributed by atoms with van der Waals surface area (Å²) in [6, 6.07) is 5.00. The number of piperidine rings is 1. The summed E-state index contributed by atoms with van der Waals surface area (Å²) in [6.07, 6.45) is 1.89. The molecule has 1 heterocycles. The van der Waals surface area contributed by atoms with E-state index in [4.69, 9.17) is 11.6 Å². The van der Waals surface area contributed by atoms with E-state index in [2.05, 4.69) is 15.4 Å². The summed E-state index contributed by atoms with van der Waals surface area (Å²) in [7, 11) is -3.75. The van der Waals surface area contributed by atoms with Gasteiger partial charge in [0.15, 0.2) is 0 Å². The van der Waals surface area contributed by atoms with Crippen molar-refractivity contribution in [1.29, 1.82) is 0 Å². The molecule has 1 saturated heterocycles. The lowest BCUT2D eigenvalue weighted by molar-refractivity contribution is -0.123. The monoisotopic (exact) mass is 345 g/mol. The van der Waals surface area contributed by atoms with Gasteiger partial charge in [-0.2, -0.15) is 4.72 Å². The van der Waals surface area contributed by atoms with Crippen LogP contribution in [0.5, 0.6) is 0 Å². The molecule has 2 atom stereocenters. The Morgan fingerprint density at radius 1 is 1.36 bits per heavy atom. The van der Waals surface area contributed by atoms with E-state index in [1.54, 1.807) is 0 Å². The highest BCUT2D eigenvalue weighted by Gasteiger charge is 2.24. The topological polar surface area (TPSA) is 87.3 Å². The Labute approximate surface area is 135 Å². The molecule has 1 unspecified atom stereocenters. The molecule has 0 saturated carbocycles. The molecule has 3 N–H and O–H groups in total. The molecule has 122 valence electrons. The predicted molar refractivity (Wildman–Crippen MR) is 85.3 cm³/mol. The average Bonchev–Trinajstić information content (AvgIpc) is 2.48. The highest BCUT2D eigenvalue weighted by Crippen LogP contribution is 2.14. The molecule has 0 aliphatic carbocycles. The maximum absolute atomic E-state index is 12.2. The van der Waals surface area contributed by atoms with Gasteiger partial charge in [0, 0.05) is 17.6 Å². The van der Waals surface area contributed by atoms with Crippen LogP contribution in [0.25, 0.3) is 0 Å². The maximum Gasteiger partial charge on any atom is 0.241 e. The number of sulfonamides is 1. The van der Waals surface area contributed by atoms with Crippen LogP contribution in [0.15, 0.2) is 29.2 Å². The SMILES string of the molecule is CC(NS(=O)(=O)c1ccc(Cl)cc1)C(=O)N[C@H]1CCCNC1. The van der Waals surface area contributed by atoms with Crippen molar-refractivity contribution in [3.63, 3.8) is 0 Å². The van der Waals surface area contributed by atoms with Crippen LogP contribution in [0.2, 0.25) is 5.02 Å². The minimum absolute atomic E-state index is 0.0451. The molecule has 1 aliphatic rings. The van der Waals surface area contributed by atoms with Crippen LogP contribution < -0.4 is 15.4 Å². The lowest BCUT2D eigenvalue weighted by Gasteiger charge is -2.25. The summed E-state index contributed by atoms with van der Waals surface area (Å²) in [5.41, 5.74) is 0. The predicted octanol–water partition coefficient (Wildman–Crippen LogP) is 0.875. The van der Waals surface area contributed by atoms with Crippen molar-refractivity contribution in [2.75, 3.05) is 13.1 Å². The second kappa shape index (κ2) is 7.41. The molecule has 1 fully saturated rings. The van der Waals surface area contributed by atoms with E-state index >= 15 is 0 Å². The number of nitrogens with one attached hydrogen (secondary N) is 3. The zero-order chi connectivity index (χ0) is 16.2. The largest absolute Gasteiger partial charge is 0.351 e. The number of carbonyl (C=O) groups is 1. The molecule has 8 heteroatoms. The second-order valence-corrected chi connectivity index (χ2v) is 7.50. The number of hydrogen-bond acceptors (Lipinski definition) is 4. The fourth-order valence-electron chi connectivity index (χ4n) is 2.27. The zero-order valence-corrected chi connectivity index (χ0v) is 13.9. The number of hydrogen-bond donors (Lipinski definition) is 3. The Morgan fingerprint density at radius 2 is 2.05 bits per heavy atom. The first-order chi connectivity index (χ1) is 10.4. The first kappa shape index (κ1) is 17.2. The molecule has 6 nitrogen and oxygen atoms in total. The van der Waals surface area contributed by atoms with E-state index < -0.39 is 16.1 Å². The molecule has 2 rings (SSSR count). The first-order valence-electron chi connectivity index (χ1n) is 7.17. The van der Waals surface area contributed by atoms with Gasteiger partial charge in [0.1, 0.15) is 0 Å². The highest BCUT2D eigenvalue weighted by atomic mass is 35.5. The van der Waals surface area contributed by atoms with Crippen LogP contribution >= 0.6 is 11.6 Å². The molecule has 0 aromatic heterocycles. The van der Waals surface area contributed by atoms with Crippen LogP contribution in [0.3, 0.4) is 0 Å². The van der Waals surface area contributed by atoms with E-state index in [9.17, 15) is 13.2 Å². The van der Waals surface area contributed by atoms with Gasteiger partial charge in [-0.3, -0.25) is 4.79 Å². The van der Waals surface area contributed by atoms with Crippen molar-refractivity contribution in [3.8, 4) is 0 Å². The van der Waals surface area contributed by atoms with Crippen LogP contribution in [0.4, 0.5) is 0 Å². The molecule has 0 radical (unpaired) electrons. The van der Waals surface area contributed by atoms with Gasteiger partial charge >= 0.3 is 0 Å². The van der Waals surface area contributed by atoms with Crippen LogP contribution in [0, 0.1) is 0 Å². The van der Waals surface area contributed by atoms with Crippen molar-refractivity contribution < 1.29 is 13.2 Å². The number of benzene rings is 1. The normalized spacial score (nSPS) is 20.4. The Hall–Kier alpha value is -1.15. The molecule has 0 bridgehead atoms. The Morgan fingerprint density at radius 3 is 2.64 bits per heavy atom. The fourth-order valence-corrected chi connectivity index (χ4v) is 3.60. The standard InChI is InChI=1S/C14H20ClN3O3S/c1-10(14(19)17-12-3-2-8-16-9-12)18-22(20,21)13-6-4-11(15)5-7-13/h4-7,10,12,16,18H,2-3,8-9H2,1H3,(H,17,19)/t10?,12-/m0/s1. The van der Waals surface area contributed by atoms with Crippen molar-refractivity contribution in [2.45, 2.75) is 36.7 Å². The lowest BCUT2D eigenvalue weighted by Crippen LogP contribution is -2.52. The van der Waals surface area contributed by atoms with Crippen molar-refractivity contribution >= 4 is 27.5 Å². The zero-order valence-electron chi connectivity index (χ0n) is 12.3. The summed E-state index contributed by atoms with van der Waals surface area (Å²) in [6.45, 7) is 3.19. The third-order valence-corrected chi connectivity index (χ3v) is 5.30. The molecule has 1 amide bonds. The number of rotatable bonds is 5. The highest BCUT2D eigenvalue weighted by molar-refractivity contribution is 7.89. The van der Waals surface area contributed by atoms with Gasteiger partial charge in [0.25, 0.3) is 0 Å². The van der Waals surface area contributed by atoms with Crippen molar-refractivity contribution in [2.24, 2.45) is 0 Å². The molecule has 1 aromatic carbocycles. The lowest BCUT2D eigenvalue weighted by atomic mass is 10.1. The summed E-state index contributed by atoms with van der Waals surface area (Å²) in [5.74, 6) is -0.328. The van der Waals surface area contributed by atoms with Crippen LogP contribution in [0.1, 0.15) is 19.8 Å². The quantitative estimate of drug-likeness (QED) is 0.739. The molecule has 22 heavy (non-hydrogen) atoms. The summed E-state index contributed by atoms with van der Waals surface area (Å²) >= 11 is 5.74. The minimum atomic E-state index is -3.75. The van der Waals surface area contributed by atoms with Gasteiger partial charge in [-0.1, -0.05) is 11.6 Å². The van der Waals surface area contributed by atoms with E-state index in [-0.39, 0.29) is 16.8 Å². The first-order valence-corrected chi connectivity index (χ1v) is 9.03. The molecular weight excluding hydrogens is 326 g/mol. The minimum Gasteiger partial charge on any atom is -0.351 e. The van der Waals surface area contributed by atoms with Crippen LogP contribution in [-0.4, -0.2) is 39.5 Å². The van der Waals surface area contributed by atoms with Gasteiger partial charge in [-0.25, -0.2) is 8.42 Å². The van der Waals surface area contributed by atoms with E-state index in [0.29, 0.717) is 11.6 Å². The molecule has 1 aliphatic heterocycles. The molecule has 1 aromatic rings. The smallest absolute Gasteiger partial charge is 0.241 e. The molecular formula is C14H20ClN3O3S. The van der Waals surface area contributed by atoms with Gasteiger partial charge in [-0.15, -0.1) is 0 Å². The third kappa shape index (κ3) is 4.67. The summed E-state index contributed by atoms with van der Waals surface area (Å²) < 4.78 is 26.8. The van der Waals surface area contributed by atoms with Gasteiger partial charge in [-0.05, 0) is 50.6 Å². The average molecular weight is 346 g/mol. The van der Waals surface area contributed by atoms with Crippen molar-refractivity contribution in [1.82, 2.24) is 15.4 Å². The summed E-state index contributed by atoms with van der Waals surface area (Å²) in [4.78, 5) is 12.2. The Bertz CT molecular complexity index is 613. The number of halogens is 1. The number of amides is 1. The maximum atomic E-state index is 12.2. The Kier molecular flexibility index (Phi) is 5.80. The third-order valence-electron chi connectivity index (χ3n) is 3.49. The van der Waals surface area contributed by atoms with E-state index in [0.717, 1.165) is 19.4 Å². The second-order valence-electron chi connectivity index (χ2n) is 5.35. The van der Waals surface area contributed by atoms with Gasteiger partial charge in [0.05, 0.1) is 10.9 Å². The fraction of sp³-hybridized carbons (Fsp3) is 0.500. The van der Waals surface area contributed by atoms with Gasteiger partial charge in [0.2, 0.25) is 15.9 Å². The van der Waals surface area contributed by atoms with Gasteiger partial charge < -0.3 is 10.6 Å². The number of carbonyl (C=O) groups excluding carboxylic acids is 1. The van der Waals surface area contributed by atoms with E-state index in [1.165, 1.54) is 31.2 Å². The Balaban J connectivity index is 1.95. The molecule has 0 spiro atoms. The van der Waals surface area contributed by atoms with E-state index in [1.807, 2.05) is 0 Å². The van der Waals surface area contributed by atoms with Crippen LogP contribution in [-0.2, 0) is 14.8 Å².